The van der Waals surface area contributed by atoms with Crippen LogP contribution in [0.3, 0.4) is 0 Å². The van der Waals surface area contributed by atoms with Crippen molar-refractivity contribution in [3.63, 3.8) is 0 Å². The van der Waals surface area contributed by atoms with E-state index < -0.39 is 9.84 Å². The predicted molar refractivity (Wildman–Crippen MR) is 79.0 cm³/mol. The van der Waals surface area contributed by atoms with Crippen LogP contribution in [0.15, 0.2) is 35.4 Å². The molecule has 0 aliphatic rings. The zero-order chi connectivity index (χ0) is 15.5. The fourth-order valence-corrected chi connectivity index (χ4v) is 2.77. The number of sulfone groups is 1. The highest BCUT2D eigenvalue weighted by molar-refractivity contribution is 7.90. The molecular formula is C13H19N5O2S. The number of aromatic nitrogens is 3. The Morgan fingerprint density at radius 3 is 2.52 bits per heavy atom. The Morgan fingerprint density at radius 2 is 2.00 bits per heavy atom. The molecule has 8 heteroatoms. The van der Waals surface area contributed by atoms with Gasteiger partial charge in [-0.3, -0.25) is 5.84 Å². The van der Waals surface area contributed by atoms with Crippen LogP contribution >= 0.6 is 0 Å². The summed E-state index contributed by atoms with van der Waals surface area (Å²) in [6, 6.07) is 6.33. The number of aryl methyl sites for hydroxylation is 1. The van der Waals surface area contributed by atoms with Crippen LogP contribution < -0.4 is 11.3 Å². The van der Waals surface area contributed by atoms with Gasteiger partial charge in [0.25, 0.3) is 0 Å². The molecule has 114 valence electrons. The Kier molecular flexibility index (Phi) is 4.71. The van der Waals surface area contributed by atoms with Crippen molar-refractivity contribution >= 4 is 9.84 Å². The van der Waals surface area contributed by atoms with Crippen LogP contribution in [0.1, 0.15) is 30.6 Å². The normalized spacial score (nSPS) is 13.3. The van der Waals surface area contributed by atoms with Crippen molar-refractivity contribution in [1.82, 2.24) is 20.4 Å². The molecule has 1 atom stereocenters. The first-order chi connectivity index (χ1) is 9.97. The summed E-state index contributed by atoms with van der Waals surface area (Å²) < 4.78 is 24.8. The van der Waals surface area contributed by atoms with Crippen LogP contribution in [0.2, 0.25) is 0 Å². The van der Waals surface area contributed by atoms with Gasteiger partial charge in [-0.2, -0.15) is 0 Å². The molecule has 3 N–H and O–H groups in total. The number of hydrogen-bond donors (Lipinski definition) is 2. The first-order valence-corrected chi connectivity index (χ1v) is 8.51. The van der Waals surface area contributed by atoms with E-state index in [1.807, 2.05) is 0 Å². The molecule has 0 spiro atoms. The fraction of sp³-hybridized carbons (Fsp3) is 0.385. The molecule has 0 bridgehead atoms. The van der Waals surface area contributed by atoms with Gasteiger partial charge in [0.05, 0.1) is 22.8 Å². The lowest BCUT2D eigenvalue weighted by Gasteiger charge is -2.17. The van der Waals surface area contributed by atoms with E-state index in [1.165, 1.54) is 6.26 Å². The van der Waals surface area contributed by atoms with Crippen molar-refractivity contribution in [3.05, 3.63) is 41.7 Å². The van der Waals surface area contributed by atoms with Crippen molar-refractivity contribution in [2.75, 3.05) is 6.26 Å². The second-order valence-electron chi connectivity index (χ2n) is 4.82. The van der Waals surface area contributed by atoms with Crippen molar-refractivity contribution in [1.29, 1.82) is 0 Å². The third-order valence-electron chi connectivity index (χ3n) is 3.19. The third kappa shape index (κ3) is 3.46. The number of hydrogen-bond acceptors (Lipinski definition) is 6. The molecule has 0 amide bonds. The first-order valence-electron chi connectivity index (χ1n) is 6.62. The second kappa shape index (κ2) is 6.33. The van der Waals surface area contributed by atoms with E-state index in [0.717, 1.165) is 24.2 Å². The lowest BCUT2D eigenvalue weighted by Crippen LogP contribution is -2.30. The molecule has 1 unspecified atom stereocenters. The molecule has 0 saturated heterocycles. The van der Waals surface area contributed by atoms with Gasteiger partial charge in [-0.05, 0) is 24.1 Å². The van der Waals surface area contributed by atoms with Gasteiger partial charge in [0.2, 0.25) is 0 Å². The average molecular weight is 309 g/mol. The van der Waals surface area contributed by atoms with E-state index in [4.69, 9.17) is 5.84 Å². The summed E-state index contributed by atoms with van der Waals surface area (Å²) in [4.78, 5) is 0.280. The average Bonchev–Trinajstić information content (AvgIpc) is 2.88. The molecule has 2 rings (SSSR count). The Bertz CT molecular complexity index is 694. The molecule has 21 heavy (non-hydrogen) atoms. The highest BCUT2D eigenvalue weighted by Gasteiger charge is 2.18. The summed E-state index contributed by atoms with van der Waals surface area (Å²) in [6.07, 6.45) is 3.77. The number of rotatable bonds is 6. The van der Waals surface area contributed by atoms with E-state index in [0.29, 0.717) is 0 Å². The van der Waals surface area contributed by atoms with E-state index in [1.54, 1.807) is 35.1 Å². The van der Waals surface area contributed by atoms with Gasteiger partial charge in [0.15, 0.2) is 9.84 Å². The quantitative estimate of drug-likeness (QED) is 0.600. The minimum absolute atomic E-state index is 0.280. The van der Waals surface area contributed by atoms with Crippen LogP contribution in [-0.2, 0) is 16.4 Å². The maximum Gasteiger partial charge on any atom is 0.175 e. The number of benzene rings is 1. The molecule has 0 aliphatic carbocycles. The molecule has 1 aromatic heterocycles. The summed E-state index contributed by atoms with van der Waals surface area (Å²) in [5.41, 5.74) is 4.42. The van der Waals surface area contributed by atoms with Gasteiger partial charge >= 0.3 is 0 Å². The summed E-state index contributed by atoms with van der Waals surface area (Å²) in [5.74, 6) is 5.65. The van der Waals surface area contributed by atoms with Crippen molar-refractivity contribution in [2.45, 2.75) is 30.8 Å². The smallest absolute Gasteiger partial charge is 0.175 e. The van der Waals surface area contributed by atoms with Crippen LogP contribution in [0.25, 0.3) is 0 Å². The molecule has 1 aromatic carbocycles. The Labute approximate surface area is 124 Å². The van der Waals surface area contributed by atoms with E-state index >= 15 is 0 Å². The fourth-order valence-electron chi connectivity index (χ4n) is 2.13. The van der Waals surface area contributed by atoms with E-state index in [2.05, 4.69) is 22.7 Å². The highest BCUT2D eigenvalue weighted by atomic mass is 32.2. The van der Waals surface area contributed by atoms with Crippen LogP contribution in [0.4, 0.5) is 0 Å². The summed E-state index contributed by atoms with van der Waals surface area (Å²) >= 11 is 0. The highest BCUT2D eigenvalue weighted by Crippen LogP contribution is 2.22. The molecule has 2 aromatic rings. The second-order valence-corrected chi connectivity index (χ2v) is 6.84. The molecule has 1 heterocycles. The Morgan fingerprint density at radius 1 is 1.33 bits per heavy atom. The summed E-state index contributed by atoms with van der Waals surface area (Å²) in [6.45, 7) is 2.80. The Hall–Kier alpha value is -1.77. The van der Waals surface area contributed by atoms with Crippen molar-refractivity contribution < 1.29 is 8.42 Å². The van der Waals surface area contributed by atoms with Crippen LogP contribution in [0, 0.1) is 0 Å². The molecule has 7 nitrogen and oxygen atoms in total. The molecule has 0 saturated carbocycles. The van der Waals surface area contributed by atoms with Gasteiger partial charge in [-0.25, -0.2) is 18.5 Å². The lowest BCUT2D eigenvalue weighted by molar-refractivity contribution is 0.512. The van der Waals surface area contributed by atoms with Crippen molar-refractivity contribution in [3.8, 4) is 0 Å². The van der Waals surface area contributed by atoms with Crippen LogP contribution in [0.5, 0.6) is 0 Å². The number of nitrogens with two attached hydrogens (primary N) is 1. The number of nitrogens with zero attached hydrogens (tertiary/aromatic N) is 3. The maximum atomic E-state index is 11.5. The van der Waals surface area contributed by atoms with Crippen LogP contribution in [-0.4, -0.2) is 29.7 Å². The van der Waals surface area contributed by atoms with Gasteiger partial charge in [-0.1, -0.05) is 24.3 Å². The van der Waals surface area contributed by atoms with Gasteiger partial charge in [0, 0.05) is 12.8 Å². The predicted octanol–water partition coefficient (Wildman–Crippen LogP) is 0.644. The summed E-state index contributed by atoms with van der Waals surface area (Å²) in [5, 5.41) is 7.95. The standard InChI is InChI=1S/C13H19N5O2S/c1-3-8-18-12(9-15-17-18)13(16-14)10-4-6-11(7-5-10)21(2,19)20/h4-7,9,13,16H,3,8,14H2,1-2H3. The zero-order valence-electron chi connectivity index (χ0n) is 12.0. The van der Waals surface area contributed by atoms with E-state index in [-0.39, 0.29) is 10.9 Å². The van der Waals surface area contributed by atoms with Gasteiger partial charge in [0.1, 0.15) is 0 Å². The third-order valence-corrected chi connectivity index (χ3v) is 4.32. The maximum absolute atomic E-state index is 11.5. The van der Waals surface area contributed by atoms with E-state index in [9.17, 15) is 8.42 Å². The number of hydrazine groups is 1. The SMILES string of the molecule is CCCn1nncc1C(NN)c1ccc(S(C)(=O)=O)cc1. The first kappa shape index (κ1) is 15.6. The monoisotopic (exact) mass is 309 g/mol. The molecular weight excluding hydrogens is 290 g/mol. The minimum Gasteiger partial charge on any atom is -0.271 e. The largest absolute Gasteiger partial charge is 0.271 e. The molecule has 0 fully saturated rings. The Balaban J connectivity index is 2.35. The van der Waals surface area contributed by atoms with Crippen molar-refractivity contribution in [2.24, 2.45) is 5.84 Å². The lowest BCUT2D eigenvalue weighted by atomic mass is 10.0. The van der Waals surface area contributed by atoms with Gasteiger partial charge in [-0.15, -0.1) is 5.10 Å². The molecule has 0 aliphatic heterocycles. The number of nitrogens with one attached hydrogen (secondary N) is 1. The minimum atomic E-state index is -3.20. The zero-order valence-corrected chi connectivity index (χ0v) is 12.8. The summed E-state index contributed by atoms with van der Waals surface area (Å²) in [7, 11) is -3.20. The van der Waals surface area contributed by atoms with Gasteiger partial charge < -0.3 is 0 Å². The molecule has 0 radical (unpaired) electrons. The topological polar surface area (TPSA) is 103 Å².